The Labute approximate surface area is 121 Å². The number of benzene rings is 2. The Balaban J connectivity index is 2.23. The number of cyclic esters (lactones) is 2. The number of ether oxygens (including phenoxy) is 2. The fourth-order valence-corrected chi connectivity index (χ4v) is 2.36. The van der Waals surface area contributed by atoms with Crippen LogP contribution >= 0.6 is 0 Å². The zero-order valence-corrected chi connectivity index (χ0v) is 11.4. The van der Waals surface area contributed by atoms with Gasteiger partial charge in [-0.15, -0.1) is 0 Å². The van der Waals surface area contributed by atoms with E-state index < -0.39 is 11.9 Å². The third kappa shape index (κ3) is 2.10. The molecule has 4 nitrogen and oxygen atoms in total. The van der Waals surface area contributed by atoms with E-state index in [0.29, 0.717) is 33.4 Å². The summed E-state index contributed by atoms with van der Waals surface area (Å²) in [6, 6.07) is 8.42. The molecule has 3 rings (SSSR count). The molecule has 0 radical (unpaired) electrons. The van der Waals surface area contributed by atoms with E-state index in [2.05, 4.69) is 6.58 Å². The molecule has 0 bridgehead atoms. The first-order valence-electron chi connectivity index (χ1n) is 6.43. The molecule has 0 fully saturated rings. The topological polar surface area (TPSA) is 52.6 Å². The number of rotatable bonds is 3. The Morgan fingerprint density at radius 1 is 1.14 bits per heavy atom. The molecule has 104 valence electrons. The molecule has 0 saturated heterocycles. The van der Waals surface area contributed by atoms with Crippen LogP contribution in [0.2, 0.25) is 0 Å². The van der Waals surface area contributed by atoms with Crippen molar-refractivity contribution >= 4 is 22.7 Å². The molecule has 0 aromatic heterocycles. The van der Waals surface area contributed by atoms with Gasteiger partial charge in [-0.25, -0.2) is 9.59 Å². The fourth-order valence-electron chi connectivity index (χ4n) is 2.36. The van der Waals surface area contributed by atoms with Crippen molar-refractivity contribution in [2.45, 2.75) is 6.92 Å². The lowest BCUT2D eigenvalue weighted by atomic mass is 9.97. The van der Waals surface area contributed by atoms with Gasteiger partial charge in [-0.2, -0.15) is 0 Å². The average molecular weight is 280 g/mol. The molecule has 1 heterocycles. The molecule has 0 spiro atoms. The smallest absolute Gasteiger partial charge is 0.346 e. The molecule has 0 unspecified atom stereocenters. The van der Waals surface area contributed by atoms with Crippen molar-refractivity contribution in [3.63, 3.8) is 0 Å². The summed E-state index contributed by atoms with van der Waals surface area (Å²) in [6.07, 6.45) is 3.54. The summed E-state index contributed by atoms with van der Waals surface area (Å²) >= 11 is 0. The fraction of sp³-hybridized carbons (Fsp3) is 0.0588. The van der Waals surface area contributed by atoms with Crippen molar-refractivity contribution in [2.24, 2.45) is 0 Å². The van der Waals surface area contributed by atoms with E-state index >= 15 is 0 Å². The minimum absolute atomic E-state index is 0.365. The number of carbonyl (C=O) groups excluding carboxylic acids is 2. The normalized spacial score (nSPS) is 13.6. The minimum atomic E-state index is -0.637. The monoisotopic (exact) mass is 280 g/mol. The number of carbonyl (C=O) groups is 2. The maximum absolute atomic E-state index is 11.8. The lowest BCUT2D eigenvalue weighted by Gasteiger charge is -2.17. The molecule has 4 heteroatoms. The van der Waals surface area contributed by atoms with Gasteiger partial charge in [0, 0.05) is 10.8 Å². The summed E-state index contributed by atoms with van der Waals surface area (Å²) in [4.78, 5) is 23.6. The Morgan fingerprint density at radius 3 is 2.57 bits per heavy atom. The number of esters is 2. The first kappa shape index (κ1) is 13.1. The molecular weight excluding hydrogens is 268 g/mol. The van der Waals surface area contributed by atoms with Crippen LogP contribution in [-0.4, -0.2) is 11.9 Å². The van der Waals surface area contributed by atoms with Crippen LogP contribution in [0.3, 0.4) is 0 Å². The number of hydrogen-bond donors (Lipinski definition) is 0. The first-order chi connectivity index (χ1) is 10.1. The third-order valence-corrected chi connectivity index (χ3v) is 3.22. The second kappa shape index (κ2) is 4.90. The molecule has 0 amide bonds. The molecule has 1 aliphatic heterocycles. The molecule has 1 aliphatic rings. The Morgan fingerprint density at radius 2 is 1.86 bits per heavy atom. The van der Waals surface area contributed by atoms with E-state index in [1.807, 2.05) is 13.0 Å². The van der Waals surface area contributed by atoms with Gasteiger partial charge in [0.15, 0.2) is 0 Å². The van der Waals surface area contributed by atoms with Gasteiger partial charge < -0.3 is 9.47 Å². The summed E-state index contributed by atoms with van der Waals surface area (Å²) in [5, 5.41) is 1.24. The number of allylic oxidation sites excluding steroid dienone is 2. The van der Waals surface area contributed by atoms with Crippen molar-refractivity contribution in [3.05, 3.63) is 65.9 Å². The minimum Gasteiger partial charge on any atom is -0.457 e. The molecular formula is C17H12O4. The van der Waals surface area contributed by atoms with E-state index in [9.17, 15) is 9.59 Å². The van der Waals surface area contributed by atoms with Crippen LogP contribution < -0.4 is 4.74 Å². The van der Waals surface area contributed by atoms with Crippen LogP contribution in [0.5, 0.6) is 5.75 Å². The maximum Gasteiger partial charge on any atom is 0.346 e. The van der Waals surface area contributed by atoms with Gasteiger partial charge in [0.2, 0.25) is 0 Å². The first-order valence-corrected chi connectivity index (χ1v) is 6.43. The highest BCUT2D eigenvalue weighted by Crippen LogP contribution is 2.35. The third-order valence-electron chi connectivity index (χ3n) is 3.22. The lowest BCUT2D eigenvalue weighted by Crippen LogP contribution is -2.19. The molecule has 0 atom stereocenters. The van der Waals surface area contributed by atoms with Crippen molar-refractivity contribution < 1.29 is 19.1 Å². The Kier molecular flexibility index (Phi) is 3.06. The predicted molar refractivity (Wildman–Crippen MR) is 78.3 cm³/mol. The Bertz CT molecular complexity index is 795. The zero-order chi connectivity index (χ0) is 15.0. The second-order valence-electron chi connectivity index (χ2n) is 4.58. The standard InChI is InChI=1S/C17H12O4/c1-3-5-10(2)20-14-9-8-13-15-11(14)6-4-7-12(15)16(18)21-17(13)19/h3-9H,2H2,1H3/b5-3-. The highest BCUT2D eigenvalue weighted by atomic mass is 16.6. The second-order valence-corrected chi connectivity index (χ2v) is 4.58. The SMILES string of the molecule is C=C(/C=C\C)Oc1ccc2c3c(cccc13)C(=O)OC2=O. The van der Waals surface area contributed by atoms with E-state index in [0.717, 1.165) is 0 Å². The van der Waals surface area contributed by atoms with Crippen molar-refractivity contribution in [2.75, 3.05) is 0 Å². The van der Waals surface area contributed by atoms with E-state index in [1.165, 1.54) is 0 Å². The highest BCUT2D eigenvalue weighted by Gasteiger charge is 2.28. The number of hydrogen-bond acceptors (Lipinski definition) is 4. The zero-order valence-electron chi connectivity index (χ0n) is 11.4. The Hall–Kier alpha value is -2.88. The summed E-state index contributed by atoms with van der Waals surface area (Å²) in [5.41, 5.74) is 0.730. The van der Waals surface area contributed by atoms with Crippen LogP contribution in [0.4, 0.5) is 0 Å². The van der Waals surface area contributed by atoms with Crippen LogP contribution in [0, 0.1) is 0 Å². The van der Waals surface area contributed by atoms with E-state index in [-0.39, 0.29) is 0 Å². The summed E-state index contributed by atoms with van der Waals surface area (Å²) in [7, 11) is 0. The van der Waals surface area contributed by atoms with Gasteiger partial charge in [0.05, 0.1) is 11.1 Å². The maximum atomic E-state index is 11.8. The molecule has 2 aromatic rings. The molecule has 0 N–H and O–H groups in total. The van der Waals surface area contributed by atoms with Crippen molar-refractivity contribution in [3.8, 4) is 5.75 Å². The largest absolute Gasteiger partial charge is 0.457 e. The van der Waals surface area contributed by atoms with Gasteiger partial charge in [0.25, 0.3) is 0 Å². The van der Waals surface area contributed by atoms with Gasteiger partial charge in [-0.3, -0.25) is 0 Å². The van der Waals surface area contributed by atoms with Gasteiger partial charge in [-0.1, -0.05) is 24.8 Å². The summed E-state index contributed by atoms with van der Waals surface area (Å²) in [6.45, 7) is 5.65. The van der Waals surface area contributed by atoms with Gasteiger partial charge >= 0.3 is 11.9 Å². The molecule has 0 aliphatic carbocycles. The highest BCUT2D eigenvalue weighted by molar-refractivity contribution is 6.21. The van der Waals surface area contributed by atoms with Gasteiger partial charge in [-0.05, 0) is 31.2 Å². The summed E-state index contributed by atoms with van der Waals surface area (Å²) in [5.74, 6) is -0.255. The molecule has 0 saturated carbocycles. The van der Waals surface area contributed by atoms with Crippen LogP contribution in [0.15, 0.2) is 54.8 Å². The van der Waals surface area contributed by atoms with Crippen LogP contribution in [0.1, 0.15) is 27.6 Å². The van der Waals surface area contributed by atoms with Gasteiger partial charge in [0.1, 0.15) is 11.5 Å². The van der Waals surface area contributed by atoms with Crippen LogP contribution in [0.25, 0.3) is 10.8 Å². The lowest BCUT2D eigenvalue weighted by molar-refractivity contribution is 0.0391. The molecule has 21 heavy (non-hydrogen) atoms. The van der Waals surface area contributed by atoms with Crippen LogP contribution in [-0.2, 0) is 4.74 Å². The van der Waals surface area contributed by atoms with E-state index in [4.69, 9.17) is 9.47 Å². The van der Waals surface area contributed by atoms with E-state index in [1.54, 1.807) is 36.4 Å². The van der Waals surface area contributed by atoms with Crippen molar-refractivity contribution in [1.29, 1.82) is 0 Å². The quantitative estimate of drug-likeness (QED) is 0.373. The predicted octanol–water partition coefficient (Wildman–Crippen LogP) is 3.62. The average Bonchev–Trinajstić information content (AvgIpc) is 2.46. The molecule has 2 aromatic carbocycles. The summed E-state index contributed by atoms with van der Waals surface area (Å²) < 4.78 is 10.4. The van der Waals surface area contributed by atoms with Crippen molar-refractivity contribution in [1.82, 2.24) is 0 Å².